The number of carbonyl (C=O) groups excluding carboxylic acids is 1. The quantitative estimate of drug-likeness (QED) is 0.637. The summed E-state index contributed by atoms with van der Waals surface area (Å²) in [6, 6.07) is 13.3. The lowest BCUT2D eigenvalue weighted by Crippen LogP contribution is -2.17. The maximum atomic E-state index is 14.0. The normalized spacial score (nSPS) is 11.2. The molecule has 3 aromatic rings. The number of nitrogens with one attached hydrogen (secondary N) is 2. The summed E-state index contributed by atoms with van der Waals surface area (Å²) >= 11 is 0. The lowest BCUT2D eigenvalue weighted by Gasteiger charge is -2.12. The Morgan fingerprint density at radius 2 is 1.59 bits per heavy atom. The zero-order valence-electron chi connectivity index (χ0n) is 15.7. The van der Waals surface area contributed by atoms with Gasteiger partial charge in [-0.3, -0.25) is 9.52 Å². The van der Waals surface area contributed by atoms with E-state index in [1.165, 1.54) is 42.5 Å². The third kappa shape index (κ3) is 4.78. The van der Waals surface area contributed by atoms with Crippen LogP contribution in [0.3, 0.4) is 0 Å². The molecule has 2 N–H and O–H groups in total. The first kappa shape index (κ1) is 20.5. The predicted octanol–water partition coefficient (Wildman–Crippen LogP) is 4.63. The number of hydrogen-bond acceptors (Lipinski definition) is 3. The van der Waals surface area contributed by atoms with E-state index >= 15 is 0 Å². The molecule has 0 unspecified atom stereocenters. The molecule has 0 radical (unpaired) electrons. The third-order valence-electron chi connectivity index (χ3n) is 4.23. The second-order valence-corrected chi connectivity index (χ2v) is 8.21. The van der Waals surface area contributed by atoms with Gasteiger partial charge in [0.1, 0.15) is 11.6 Å². The molecule has 0 aliphatic heterocycles. The monoisotopic (exact) mass is 416 g/mol. The second kappa shape index (κ2) is 8.00. The summed E-state index contributed by atoms with van der Waals surface area (Å²) in [7, 11) is -4.01. The highest BCUT2D eigenvalue weighted by Gasteiger charge is 2.19. The number of benzene rings is 3. The van der Waals surface area contributed by atoms with Crippen LogP contribution in [0.5, 0.6) is 0 Å². The highest BCUT2D eigenvalue weighted by molar-refractivity contribution is 7.92. The fraction of sp³-hybridized carbons (Fsp3) is 0.0952. The first-order chi connectivity index (χ1) is 13.7. The first-order valence-corrected chi connectivity index (χ1v) is 10.1. The van der Waals surface area contributed by atoms with Crippen molar-refractivity contribution >= 4 is 27.3 Å². The smallest absolute Gasteiger partial charge is 0.261 e. The number of rotatable bonds is 5. The van der Waals surface area contributed by atoms with Crippen molar-refractivity contribution in [3.8, 4) is 0 Å². The van der Waals surface area contributed by atoms with Crippen molar-refractivity contribution in [1.29, 1.82) is 0 Å². The SMILES string of the molecule is Cc1ccc(NC(=O)c2cc(S(=O)(=O)Nc3ccc(F)cc3)ccc2C)c(F)c1. The molecular weight excluding hydrogens is 398 g/mol. The third-order valence-corrected chi connectivity index (χ3v) is 5.61. The summed E-state index contributed by atoms with van der Waals surface area (Å²) in [6.45, 7) is 3.37. The fourth-order valence-corrected chi connectivity index (χ4v) is 3.74. The van der Waals surface area contributed by atoms with E-state index in [1.807, 2.05) is 0 Å². The van der Waals surface area contributed by atoms with Crippen LogP contribution in [0.1, 0.15) is 21.5 Å². The Morgan fingerprint density at radius 3 is 2.24 bits per heavy atom. The molecule has 150 valence electrons. The van der Waals surface area contributed by atoms with Gasteiger partial charge in [0.15, 0.2) is 0 Å². The van der Waals surface area contributed by atoms with Crippen LogP contribution in [-0.4, -0.2) is 14.3 Å². The van der Waals surface area contributed by atoms with Crippen LogP contribution in [0.4, 0.5) is 20.2 Å². The summed E-state index contributed by atoms with van der Waals surface area (Å²) in [4.78, 5) is 12.5. The molecular formula is C21H18F2N2O3S. The van der Waals surface area contributed by atoms with Crippen molar-refractivity contribution in [2.75, 3.05) is 10.0 Å². The van der Waals surface area contributed by atoms with Crippen molar-refractivity contribution in [3.63, 3.8) is 0 Å². The van der Waals surface area contributed by atoms with Gasteiger partial charge >= 0.3 is 0 Å². The van der Waals surface area contributed by atoms with Gasteiger partial charge in [0.25, 0.3) is 15.9 Å². The van der Waals surface area contributed by atoms with Crippen LogP contribution in [0, 0.1) is 25.5 Å². The number of anilines is 2. The van der Waals surface area contributed by atoms with Gasteiger partial charge in [-0.2, -0.15) is 0 Å². The van der Waals surface area contributed by atoms with E-state index in [-0.39, 0.29) is 21.8 Å². The van der Waals surface area contributed by atoms with Gasteiger partial charge in [0.2, 0.25) is 0 Å². The molecule has 0 saturated heterocycles. The lowest BCUT2D eigenvalue weighted by atomic mass is 10.1. The summed E-state index contributed by atoms with van der Waals surface area (Å²) in [6.07, 6.45) is 0. The number of amides is 1. The maximum absolute atomic E-state index is 14.0. The Morgan fingerprint density at radius 1 is 0.897 bits per heavy atom. The average molecular weight is 416 g/mol. The van der Waals surface area contributed by atoms with Crippen molar-refractivity contribution < 1.29 is 22.0 Å². The molecule has 0 spiro atoms. The summed E-state index contributed by atoms with van der Waals surface area (Å²) in [5.74, 6) is -1.72. The van der Waals surface area contributed by atoms with Crippen molar-refractivity contribution in [3.05, 3.63) is 89.0 Å². The van der Waals surface area contributed by atoms with Gasteiger partial charge < -0.3 is 5.32 Å². The van der Waals surface area contributed by atoms with Gasteiger partial charge in [-0.1, -0.05) is 12.1 Å². The van der Waals surface area contributed by atoms with E-state index in [0.29, 0.717) is 11.1 Å². The highest BCUT2D eigenvalue weighted by atomic mass is 32.2. The molecule has 8 heteroatoms. The number of sulfonamides is 1. The number of carbonyl (C=O) groups is 1. The van der Waals surface area contributed by atoms with E-state index in [2.05, 4.69) is 10.0 Å². The molecule has 0 heterocycles. The summed E-state index contributed by atoms with van der Waals surface area (Å²) in [5.41, 5.74) is 1.50. The van der Waals surface area contributed by atoms with Crippen molar-refractivity contribution in [2.24, 2.45) is 0 Å². The van der Waals surface area contributed by atoms with Crippen LogP contribution >= 0.6 is 0 Å². The minimum absolute atomic E-state index is 0.00213. The molecule has 0 saturated carbocycles. The molecule has 0 fully saturated rings. The van der Waals surface area contributed by atoms with Crippen LogP contribution in [0.2, 0.25) is 0 Å². The van der Waals surface area contributed by atoms with E-state index in [4.69, 9.17) is 0 Å². The Hall–Kier alpha value is -3.26. The number of hydrogen-bond donors (Lipinski definition) is 2. The molecule has 0 aliphatic carbocycles. The Labute approximate surface area is 167 Å². The van der Waals surface area contributed by atoms with Crippen LogP contribution in [-0.2, 0) is 10.0 Å². The maximum Gasteiger partial charge on any atom is 0.261 e. The molecule has 5 nitrogen and oxygen atoms in total. The molecule has 1 amide bonds. The molecule has 3 aromatic carbocycles. The standard InChI is InChI=1S/C21H18F2N2O3S/c1-13-3-10-20(19(23)11-13)24-21(26)18-12-17(9-4-14(18)2)29(27,28)25-16-7-5-15(22)6-8-16/h3-12,25H,1-2H3,(H,24,26). The Balaban J connectivity index is 1.88. The zero-order valence-corrected chi connectivity index (χ0v) is 16.5. The number of halogens is 2. The number of aryl methyl sites for hydroxylation is 2. The topological polar surface area (TPSA) is 75.3 Å². The second-order valence-electron chi connectivity index (χ2n) is 6.53. The van der Waals surface area contributed by atoms with Crippen molar-refractivity contribution in [2.45, 2.75) is 18.7 Å². The summed E-state index contributed by atoms with van der Waals surface area (Å²) < 4.78 is 54.6. The van der Waals surface area contributed by atoms with Crippen LogP contribution < -0.4 is 10.0 Å². The van der Waals surface area contributed by atoms with Gasteiger partial charge in [-0.05, 0) is 73.5 Å². The summed E-state index contributed by atoms with van der Waals surface area (Å²) in [5, 5.41) is 2.46. The molecule has 29 heavy (non-hydrogen) atoms. The van der Waals surface area contributed by atoms with E-state index in [0.717, 1.165) is 12.1 Å². The predicted molar refractivity (Wildman–Crippen MR) is 107 cm³/mol. The molecule has 3 rings (SSSR count). The highest BCUT2D eigenvalue weighted by Crippen LogP contribution is 2.22. The Kier molecular flexibility index (Phi) is 5.65. The van der Waals surface area contributed by atoms with E-state index in [1.54, 1.807) is 19.9 Å². The largest absolute Gasteiger partial charge is 0.319 e. The fourth-order valence-electron chi connectivity index (χ4n) is 2.66. The minimum atomic E-state index is -4.01. The first-order valence-electron chi connectivity index (χ1n) is 8.62. The van der Waals surface area contributed by atoms with Gasteiger partial charge in [0.05, 0.1) is 10.6 Å². The Bertz CT molecular complexity index is 1180. The lowest BCUT2D eigenvalue weighted by molar-refractivity contribution is 0.102. The van der Waals surface area contributed by atoms with Gasteiger partial charge in [0, 0.05) is 11.3 Å². The molecule has 0 aliphatic rings. The van der Waals surface area contributed by atoms with Crippen LogP contribution in [0.15, 0.2) is 65.6 Å². The molecule has 0 aromatic heterocycles. The molecule has 0 atom stereocenters. The zero-order chi connectivity index (χ0) is 21.2. The molecule has 0 bridgehead atoms. The average Bonchev–Trinajstić information content (AvgIpc) is 2.66. The van der Waals surface area contributed by atoms with Gasteiger partial charge in [-0.25, -0.2) is 17.2 Å². The minimum Gasteiger partial charge on any atom is -0.319 e. The van der Waals surface area contributed by atoms with Crippen molar-refractivity contribution in [1.82, 2.24) is 0 Å². The van der Waals surface area contributed by atoms with E-state index < -0.39 is 27.6 Å². The van der Waals surface area contributed by atoms with E-state index in [9.17, 15) is 22.0 Å². The van der Waals surface area contributed by atoms with Crippen LogP contribution in [0.25, 0.3) is 0 Å². The van der Waals surface area contributed by atoms with Gasteiger partial charge in [-0.15, -0.1) is 0 Å².